The van der Waals surface area contributed by atoms with Crippen molar-refractivity contribution in [2.75, 3.05) is 0 Å². The molecule has 0 saturated heterocycles. The number of pyridine rings is 1. The van der Waals surface area contributed by atoms with Gasteiger partial charge < -0.3 is 4.74 Å². The maximum absolute atomic E-state index is 5.96. The van der Waals surface area contributed by atoms with Crippen LogP contribution in [-0.2, 0) is 5.88 Å². The van der Waals surface area contributed by atoms with Crippen LogP contribution in [0.25, 0.3) is 0 Å². The van der Waals surface area contributed by atoms with Crippen molar-refractivity contribution in [2.45, 2.75) is 32.6 Å². The van der Waals surface area contributed by atoms with Crippen LogP contribution in [-0.4, -0.2) is 4.98 Å². The summed E-state index contributed by atoms with van der Waals surface area (Å²) in [7, 11) is 0. The van der Waals surface area contributed by atoms with Gasteiger partial charge in [-0.2, -0.15) is 0 Å². The van der Waals surface area contributed by atoms with E-state index >= 15 is 0 Å². The highest BCUT2D eigenvalue weighted by atomic mass is 79.9. The van der Waals surface area contributed by atoms with Crippen molar-refractivity contribution < 1.29 is 4.74 Å². The SMILES string of the molecule is Cc1ccc(C(C)C)cc1Oc1ncc(Br)cc1CCl. The molecule has 2 aromatic rings. The molecule has 4 heteroatoms. The molecule has 0 aliphatic carbocycles. The van der Waals surface area contributed by atoms with E-state index in [1.165, 1.54) is 5.56 Å². The molecule has 2 rings (SSSR count). The molecule has 0 fully saturated rings. The van der Waals surface area contributed by atoms with Crippen LogP contribution in [0.3, 0.4) is 0 Å². The molecule has 0 N–H and O–H groups in total. The maximum Gasteiger partial charge on any atom is 0.223 e. The second-order valence-corrected chi connectivity index (χ2v) is 6.22. The van der Waals surface area contributed by atoms with Crippen molar-refractivity contribution in [3.8, 4) is 11.6 Å². The molecule has 2 nitrogen and oxygen atoms in total. The zero-order chi connectivity index (χ0) is 14.7. The number of rotatable bonds is 4. The van der Waals surface area contributed by atoms with Gasteiger partial charge >= 0.3 is 0 Å². The van der Waals surface area contributed by atoms with Crippen LogP contribution in [0.5, 0.6) is 11.6 Å². The van der Waals surface area contributed by atoms with Crippen LogP contribution in [0.2, 0.25) is 0 Å². The number of aromatic nitrogens is 1. The van der Waals surface area contributed by atoms with Crippen LogP contribution >= 0.6 is 27.5 Å². The van der Waals surface area contributed by atoms with Gasteiger partial charge in [0.2, 0.25) is 5.88 Å². The molecular weight excluding hydrogens is 338 g/mol. The Hall–Kier alpha value is -1.06. The quantitative estimate of drug-likeness (QED) is 0.647. The Morgan fingerprint density at radius 2 is 2.05 bits per heavy atom. The second kappa shape index (κ2) is 6.59. The summed E-state index contributed by atoms with van der Waals surface area (Å²) in [4.78, 5) is 4.31. The fourth-order valence-electron chi connectivity index (χ4n) is 1.85. The van der Waals surface area contributed by atoms with Crippen molar-refractivity contribution in [1.29, 1.82) is 0 Å². The van der Waals surface area contributed by atoms with Gasteiger partial charge in [0.25, 0.3) is 0 Å². The van der Waals surface area contributed by atoms with Crippen LogP contribution in [0.1, 0.15) is 36.5 Å². The van der Waals surface area contributed by atoms with Crippen LogP contribution in [0.4, 0.5) is 0 Å². The highest BCUT2D eigenvalue weighted by molar-refractivity contribution is 9.10. The summed E-state index contributed by atoms with van der Waals surface area (Å²) < 4.78 is 6.86. The number of halogens is 2. The predicted molar refractivity (Wildman–Crippen MR) is 86.8 cm³/mol. The van der Waals surface area contributed by atoms with E-state index in [1.54, 1.807) is 6.20 Å². The van der Waals surface area contributed by atoms with Gasteiger partial charge in [-0.1, -0.05) is 26.0 Å². The second-order valence-electron chi connectivity index (χ2n) is 5.03. The minimum atomic E-state index is 0.366. The number of alkyl halides is 1. The van der Waals surface area contributed by atoms with Gasteiger partial charge in [-0.15, -0.1) is 11.6 Å². The molecule has 0 bridgehead atoms. The van der Waals surface area contributed by atoms with Gasteiger partial charge in [0.15, 0.2) is 0 Å². The lowest BCUT2D eigenvalue weighted by Gasteiger charge is -2.13. The lowest BCUT2D eigenvalue weighted by molar-refractivity contribution is 0.454. The van der Waals surface area contributed by atoms with Gasteiger partial charge in [-0.25, -0.2) is 4.98 Å². The number of ether oxygens (including phenoxy) is 1. The molecule has 1 aromatic heterocycles. The number of hydrogen-bond donors (Lipinski definition) is 0. The van der Waals surface area contributed by atoms with E-state index in [0.29, 0.717) is 17.7 Å². The largest absolute Gasteiger partial charge is 0.438 e. The van der Waals surface area contributed by atoms with E-state index in [9.17, 15) is 0 Å². The third-order valence-corrected chi connectivity index (χ3v) is 3.84. The fraction of sp³-hybridized carbons (Fsp3) is 0.312. The highest BCUT2D eigenvalue weighted by Gasteiger charge is 2.10. The molecule has 0 atom stereocenters. The molecule has 0 unspecified atom stereocenters. The Kier molecular flexibility index (Phi) is 5.06. The Balaban J connectivity index is 2.36. The van der Waals surface area contributed by atoms with Crippen molar-refractivity contribution in [1.82, 2.24) is 4.98 Å². The van der Waals surface area contributed by atoms with Gasteiger partial charge in [-0.05, 0) is 52.0 Å². The molecule has 0 aliphatic rings. The van der Waals surface area contributed by atoms with Gasteiger partial charge in [0.05, 0.1) is 5.88 Å². The summed E-state index contributed by atoms with van der Waals surface area (Å²) in [6, 6.07) is 8.20. The lowest BCUT2D eigenvalue weighted by Crippen LogP contribution is -1.96. The van der Waals surface area contributed by atoms with E-state index in [-0.39, 0.29) is 0 Å². The smallest absolute Gasteiger partial charge is 0.223 e. The molecule has 0 saturated carbocycles. The van der Waals surface area contributed by atoms with Crippen LogP contribution in [0.15, 0.2) is 34.9 Å². The summed E-state index contributed by atoms with van der Waals surface area (Å²) >= 11 is 9.34. The standard InChI is InChI=1S/C16H17BrClNO/c1-10(2)12-5-4-11(3)15(7-12)20-16-13(8-18)6-14(17)9-19-16/h4-7,9-10H,8H2,1-3H3. The molecular formula is C16H17BrClNO. The van der Waals surface area contributed by atoms with E-state index in [0.717, 1.165) is 21.3 Å². The minimum absolute atomic E-state index is 0.366. The van der Waals surface area contributed by atoms with E-state index in [1.807, 2.05) is 13.0 Å². The molecule has 0 spiro atoms. The monoisotopic (exact) mass is 353 g/mol. The van der Waals surface area contributed by atoms with Crippen molar-refractivity contribution in [3.05, 3.63) is 51.6 Å². The summed E-state index contributed by atoms with van der Waals surface area (Å²) in [5, 5.41) is 0. The number of benzene rings is 1. The zero-order valence-electron chi connectivity index (χ0n) is 11.8. The first-order chi connectivity index (χ1) is 9.51. The fourth-order valence-corrected chi connectivity index (χ4v) is 2.42. The van der Waals surface area contributed by atoms with Gasteiger partial charge in [-0.3, -0.25) is 0 Å². The number of hydrogen-bond acceptors (Lipinski definition) is 2. The molecule has 1 aromatic carbocycles. The first-order valence-electron chi connectivity index (χ1n) is 6.50. The average molecular weight is 355 g/mol. The van der Waals surface area contributed by atoms with E-state index in [4.69, 9.17) is 16.3 Å². The Morgan fingerprint density at radius 1 is 1.30 bits per heavy atom. The Labute approximate surface area is 133 Å². The van der Waals surface area contributed by atoms with Crippen molar-refractivity contribution in [2.24, 2.45) is 0 Å². The third-order valence-electron chi connectivity index (χ3n) is 3.12. The van der Waals surface area contributed by atoms with Crippen LogP contribution in [0, 0.1) is 6.92 Å². The highest BCUT2D eigenvalue weighted by Crippen LogP contribution is 2.31. The Bertz CT molecular complexity index is 613. The lowest BCUT2D eigenvalue weighted by atomic mass is 10.0. The Morgan fingerprint density at radius 3 is 2.70 bits per heavy atom. The van der Waals surface area contributed by atoms with E-state index < -0.39 is 0 Å². The first kappa shape index (κ1) is 15.3. The van der Waals surface area contributed by atoms with Crippen molar-refractivity contribution in [3.63, 3.8) is 0 Å². The molecule has 0 aliphatic heterocycles. The normalized spacial score (nSPS) is 10.9. The maximum atomic E-state index is 5.96. The molecule has 1 heterocycles. The predicted octanol–water partition coefficient (Wildman–Crippen LogP) is 5.81. The average Bonchev–Trinajstić information content (AvgIpc) is 2.42. The molecule has 0 amide bonds. The molecule has 0 radical (unpaired) electrons. The number of nitrogens with zero attached hydrogens (tertiary/aromatic N) is 1. The van der Waals surface area contributed by atoms with Crippen LogP contribution < -0.4 is 4.74 Å². The summed E-state index contributed by atoms with van der Waals surface area (Å²) in [6.45, 7) is 6.35. The molecule has 20 heavy (non-hydrogen) atoms. The number of aryl methyl sites for hydroxylation is 1. The zero-order valence-corrected chi connectivity index (χ0v) is 14.1. The summed E-state index contributed by atoms with van der Waals surface area (Å²) in [5.41, 5.74) is 3.20. The minimum Gasteiger partial charge on any atom is -0.438 e. The first-order valence-corrected chi connectivity index (χ1v) is 7.82. The topological polar surface area (TPSA) is 22.1 Å². The third kappa shape index (κ3) is 3.53. The summed E-state index contributed by atoms with van der Waals surface area (Å²) in [6.07, 6.45) is 1.72. The van der Waals surface area contributed by atoms with Crippen molar-refractivity contribution >= 4 is 27.5 Å². The summed E-state index contributed by atoms with van der Waals surface area (Å²) in [5.74, 6) is 2.22. The van der Waals surface area contributed by atoms with Gasteiger partial charge in [0.1, 0.15) is 5.75 Å². The van der Waals surface area contributed by atoms with Gasteiger partial charge in [0, 0.05) is 16.2 Å². The van der Waals surface area contributed by atoms with E-state index in [2.05, 4.69) is 53.0 Å². The molecule has 106 valence electrons.